The molecule has 3 rings (SSSR count). The molecule has 6 nitrogen and oxygen atoms in total. The second-order valence-corrected chi connectivity index (χ2v) is 6.18. The summed E-state index contributed by atoms with van der Waals surface area (Å²) in [7, 11) is 1.50. The molecular weight excluding hydrogens is 391 g/mol. The zero-order valence-electron chi connectivity index (χ0n) is 15.6. The number of ether oxygens (including phenoxy) is 2. The van der Waals surface area contributed by atoms with E-state index in [1.165, 1.54) is 14.0 Å². The van der Waals surface area contributed by atoms with Gasteiger partial charge in [0.2, 0.25) is 5.76 Å². The number of anilines is 1. The van der Waals surface area contributed by atoms with Gasteiger partial charge in [0.05, 0.1) is 12.8 Å². The van der Waals surface area contributed by atoms with Crippen LogP contribution in [0.1, 0.15) is 23.0 Å². The minimum atomic E-state index is -1.72. The van der Waals surface area contributed by atoms with Crippen molar-refractivity contribution in [3.05, 3.63) is 59.1 Å². The number of esters is 1. The quantitative estimate of drug-likeness (QED) is 0.503. The van der Waals surface area contributed by atoms with Gasteiger partial charge in [-0.15, -0.1) is 0 Å². The standard InChI is InChI=1S/C20H16F3NO5/c1-9-12-8-11(27-3)4-7-15(12)29-18(9)20(26)28-10(2)19(25)24-14-6-5-13(21)16(22)17(14)23/h4-8,10H,1-3H3,(H,24,25)/t10-/m1/s1. The molecule has 0 bridgehead atoms. The lowest BCUT2D eigenvalue weighted by molar-refractivity contribution is -0.123. The molecule has 1 atom stereocenters. The van der Waals surface area contributed by atoms with Gasteiger partial charge in [0.15, 0.2) is 23.6 Å². The van der Waals surface area contributed by atoms with Crippen molar-refractivity contribution in [2.45, 2.75) is 20.0 Å². The molecule has 1 N–H and O–H groups in total. The zero-order chi connectivity index (χ0) is 21.3. The van der Waals surface area contributed by atoms with Crippen molar-refractivity contribution in [3.8, 4) is 5.75 Å². The van der Waals surface area contributed by atoms with Crippen LogP contribution in [-0.4, -0.2) is 25.1 Å². The second-order valence-electron chi connectivity index (χ2n) is 6.18. The van der Waals surface area contributed by atoms with Crippen LogP contribution < -0.4 is 10.1 Å². The maximum Gasteiger partial charge on any atom is 0.375 e. The number of halogens is 3. The molecule has 0 unspecified atom stereocenters. The van der Waals surface area contributed by atoms with E-state index in [1.54, 1.807) is 25.1 Å². The smallest absolute Gasteiger partial charge is 0.375 e. The molecule has 29 heavy (non-hydrogen) atoms. The van der Waals surface area contributed by atoms with Crippen LogP contribution in [0.2, 0.25) is 0 Å². The Morgan fingerprint density at radius 1 is 1.10 bits per heavy atom. The predicted octanol–water partition coefficient (Wildman–Crippen LogP) is 4.35. The molecule has 0 saturated carbocycles. The summed E-state index contributed by atoms with van der Waals surface area (Å²) < 4.78 is 55.6. The number of carbonyl (C=O) groups excluding carboxylic acids is 2. The van der Waals surface area contributed by atoms with Crippen molar-refractivity contribution >= 4 is 28.5 Å². The first-order valence-corrected chi connectivity index (χ1v) is 8.45. The van der Waals surface area contributed by atoms with Gasteiger partial charge in [-0.3, -0.25) is 4.79 Å². The summed E-state index contributed by atoms with van der Waals surface area (Å²) in [6, 6.07) is 6.49. The molecule has 1 aromatic heterocycles. The summed E-state index contributed by atoms with van der Waals surface area (Å²) >= 11 is 0. The molecule has 0 aliphatic heterocycles. The third kappa shape index (κ3) is 3.89. The lowest BCUT2D eigenvalue weighted by Gasteiger charge is -2.13. The fourth-order valence-electron chi connectivity index (χ4n) is 2.65. The maximum atomic E-state index is 13.7. The summed E-state index contributed by atoms with van der Waals surface area (Å²) in [5.74, 6) is -6.05. The summed E-state index contributed by atoms with van der Waals surface area (Å²) in [5, 5.41) is 2.68. The fraction of sp³-hybridized carbons (Fsp3) is 0.200. The molecule has 0 spiro atoms. The first-order valence-electron chi connectivity index (χ1n) is 8.45. The van der Waals surface area contributed by atoms with E-state index in [0.29, 0.717) is 28.3 Å². The predicted molar refractivity (Wildman–Crippen MR) is 97.3 cm³/mol. The molecule has 0 saturated heterocycles. The lowest BCUT2D eigenvalue weighted by atomic mass is 10.1. The third-order valence-electron chi connectivity index (χ3n) is 4.27. The number of rotatable bonds is 5. The number of hydrogen-bond acceptors (Lipinski definition) is 5. The van der Waals surface area contributed by atoms with Gasteiger partial charge in [0, 0.05) is 10.9 Å². The van der Waals surface area contributed by atoms with Gasteiger partial charge >= 0.3 is 5.97 Å². The molecule has 3 aromatic rings. The van der Waals surface area contributed by atoms with Gasteiger partial charge in [-0.05, 0) is 44.2 Å². The molecule has 0 fully saturated rings. The van der Waals surface area contributed by atoms with Crippen LogP contribution in [-0.2, 0) is 9.53 Å². The van der Waals surface area contributed by atoms with E-state index < -0.39 is 41.1 Å². The van der Waals surface area contributed by atoms with Crippen LogP contribution in [0.25, 0.3) is 11.0 Å². The summed E-state index contributed by atoms with van der Waals surface area (Å²) in [5.41, 5.74) is 0.336. The fourth-order valence-corrected chi connectivity index (χ4v) is 2.65. The molecular formula is C20H16F3NO5. The van der Waals surface area contributed by atoms with Crippen LogP contribution in [0.3, 0.4) is 0 Å². The number of methoxy groups -OCH3 is 1. The molecule has 0 radical (unpaired) electrons. The molecule has 1 amide bonds. The van der Waals surface area contributed by atoms with Crippen molar-refractivity contribution in [1.82, 2.24) is 0 Å². The number of carbonyl (C=O) groups is 2. The van der Waals surface area contributed by atoms with Crippen molar-refractivity contribution in [2.75, 3.05) is 12.4 Å². The average Bonchev–Trinajstić information content (AvgIpc) is 3.04. The normalized spacial score (nSPS) is 11.9. The van der Waals surface area contributed by atoms with E-state index in [1.807, 2.05) is 5.32 Å². The van der Waals surface area contributed by atoms with Gasteiger partial charge in [-0.25, -0.2) is 18.0 Å². The molecule has 1 heterocycles. The van der Waals surface area contributed by atoms with E-state index in [-0.39, 0.29) is 5.76 Å². The SMILES string of the molecule is COc1ccc2oc(C(=O)O[C@H](C)C(=O)Nc3ccc(F)c(F)c3F)c(C)c2c1. The first-order chi connectivity index (χ1) is 13.7. The number of aryl methyl sites for hydroxylation is 1. The molecule has 152 valence electrons. The van der Waals surface area contributed by atoms with Gasteiger partial charge in [0.1, 0.15) is 11.3 Å². The van der Waals surface area contributed by atoms with Crippen molar-refractivity contribution in [2.24, 2.45) is 0 Å². The van der Waals surface area contributed by atoms with Crippen molar-refractivity contribution in [3.63, 3.8) is 0 Å². The number of furan rings is 1. The maximum absolute atomic E-state index is 13.7. The summed E-state index contributed by atoms with van der Waals surface area (Å²) in [6.07, 6.45) is -1.36. The zero-order valence-corrected chi connectivity index (χ0v) is 15.6. The monoisotopic (exact) mass is 407 g/mol. The topological polar surface area (TPSA) is 77.8 Å². The van der Waals surface area contributed by atoms with Gasteiger partial charge in [0.25, 0.3) is 5.91 Å². The largest absolute Gasteiger partial charge is 0.497 e. The van der Waals surface area contributed by atoms with E-state index in [2.05, 4.69) is 0 Å². The van der Waals surface area contributed by atoms with Crippen LogP contribution in [0, 0.1) is 24.4 Å². The Kier molecular flexibility index (Phi) is 5.49. The molecule has 0 aliphatic rings. The van der Waals surface area contributed by atoms with Crippen LogP contribution >= 0.6 is 0 Å². The Hall–Kier alpha value is -3.49. The molecule has 2 aromatic carbocycles. The lowest BCUT2D eigenvalue weighted by Crippen LogP contribution is -2.30. The van der Waals surface area contributed by atoms with Gasteiger partial charge in [-0.1, -0.05) is 0 Å². The highest BCUT2D eigenvalue weighted by Crippen LogP contribution is 2.29. The number of nitrogens with one attached hydrogen (secondary N) is 1. The van der Waals surface area contributed by atoms with E-state index >= 15 is 0 Å². The highest BCUT2D eigenvalue weighted by molar-refractivity contribution is 5.99. The Morgan fingerprint density at radius 2 is 1.83 bits per heavy atom. The summed E-state index contributed by atoms with van der Waals surface area (Å²) in [4.78, 5) is 24.6. The van der Waals surface area contributed by atoms with E-state index in [0.717, 1.165) is 6.07 Å². The number of amides is 1. The highest BCUT2D eigenvalue weighted by Gasteiger charge is 2.25. The molecule has 0 aliphatic carbocycles. The Bertz CT molecular complexity index is 1110. The van der Waals surface area contributed by atoms with Crippen LogP contribution in [0.15, 0.2) is 34.7 Å². The van der Waals surface area contributed by atoms with Crippen LogP contribution in [0.4, 0.5) is 18.9 Å². The number of hydrogen-bond donors (Lipinski definition) is 1. The highest BCUT2D eigenvalue weighted by atomic mass is 19.2. The van der Waals surface area contributed by atoms with Gasteiger partial charge < -0.3 is 19.2 Å². The van der Waals surface area contributed by atoms with Crippen LogP contribution in [0.5, 0.6) is 5.75 Å². The Morgan fingerprint density at radius 3 is 2.52 bits per heavy atom. The van der Waals surface area contributed by atoms with Crippen molar-refractivity contribution in [1.29, 1.82) is 0 Å². The minimum Gasteiger partial charge on any atom is -0.497 e. The number of fused-ring (bicyclic) bond motifs is 1. The second kappa shape index (κ2) is 7.86. The minimum absolute atomic E-state index is 0.105. The average molecular weight is 407 g/mol. The molecule has 9 heteroatoms. The summed E-state index contributed by atoms with van der Waals surface area (Å²) in [6.45, 7) is 2.88. The Labute approximate surface area is 163 Å². The third-order valence-corrected chi connectivity index (χ3v) is 4.27. The van der Waals surface area contributed by atoms with E-state index in [9.17, 15) is 22.8 Å². The number of benzene rings is 2. The first kappa shape index (κ1) is 20.2. The van der Waals surface area contributed by atoms with Crippen molar-refractivity contribution < 1.29 is 36.7 Å². The van der Waals surface area contributed by atoms with E-state index in [4.69, 9.17) is 13.9 Å². The van der Waals surface area contributed by atoms with Gasteiger partial charge in [-0.2, -0.15) is 0 Å². The Balaban J connectivity index is 1.75.